The first-order valence-electron chi connectivity index (χ1n) is 8.95. The van der Waals surface area contributed by atoms with Gasteiger partial charge < -0.3 is 9.64 Å². The van der Waals surface area contributed by atoms with Crippen molar-refractivity contribution in [3.05, 3.63) is 35.4 Å². The van der Waals surface area contributed by atoms with E-state index in [1.54, 1.807) is 29.0 Å². The molecule has 1 atom stereocenters. The Morgan fingerprint density at radius 2 is 2.00 bits per heavy atom. The lowest BCUT2D eigenvalue weighted by Crippen LogP contribution is -2.53. The predicted molar refractivity (Wildman–Crippen MR) is 98.2 cm³/mol. The summed E-state index contributed by atoms with van der Waals surface area (Å²) in [4.78, 5) is 28.6. The largest absolute Gasteiger partial charge is 0.444 e. The minimum Gasteiger partial charge on any atom is -0.444 e. The van der Waals surface area contributed by atoms with Gasteiger partial charge in [0.25, 0.3) is 0 Å². The van der Waals surface area contributed by atoms with Gasteiger partial charge in [-0.1, -0.05) is 18.2 Å². The van der Waals surface area contributed by atoms with E-state index in [1.165, 1.54) is 0 Å². The highest BCUT2D eigenvalue weighted by Gasteiger charge is 2.36. The zero-order valence-electron chi connectivity index (χ0n) is 16.0. The van der Waals surface area contributed by atoms with E-state index in [0.717, 1.165) is 18.4 Å². The number of ether oxygens (including phenoxy) is 1. The summed E-state index contributed by atoms with van der Waals surface area (Å²) in [5, 5.41) is 9.22. The van der Waals surface area contributed by atoms with E-state index in [-0.39, 0.29) is 5.91 Å². The van der Waals surface area contributed by atoms with Crippen LogP contribution in [0.4, 0.5) is 4.79 Å². The van der Waals surface area contributed by atoms with Crippen molar-refractivity contribution in [1.29, 1.82) is 5.26 Å². The SMILES string of the molecule is CN(Cc1ccccc1C#N)C(=O)[C@H]1CCCCN1C(=O)OC(C)(C)C. The van der Waals surface area contributed by atoms with Gasteiger partial charge in [-0.25, -0.2) is 4.79 Å². The van der Waals surface area contributed by atoms with Gasteiger partial charge in [-0.2, -0.15) is 5.26 Å². The lowest BCUT2D eigenvalue weighted by atomic mass is 10.0. The highest BCUT2D eigenvalue weighted by Crippen LogP contribution is 2.22. The molecule has 0 radical (unpaired) electrons. The van der Waals surface area contributed by atoms with Gasteiger partial charge >= 0.3 is 6.09 Å². The number of hydrogen-bond donors (Lipinski definition) is 0. The number of likely N-dealkylation sites (tertiary alicyclic amines) is 1. The van der Waals surface area contributed by atoms with Gasteiger partial charge in [0, 0.05) is 20.1 Å². The molecule has 2 rings (SSSR count). The molecule has 140 valence electrons. The molecule has 0 aromatic heterocycles. The normalized spacial score (nSPS) is 17.3. The zero-order valence-corrected chi connectivity index (χ0v) is 16.0. The fraction of sp³-hybridized carbons (Fsp3) is 0.550. The lowest BCUT2D eigenvalue weighted by Gasteiger charge is -2.37. The monoisotopic (exact) mass is 357 g/mol. The summed E-state index contributed by atoms with van der Waals surface area (Å²) in [7, 11) is 1.71. The van der Waals surface area contributed by atoms with Crippen LogP contribution in [-0.2, 0) is 16.1 Å². The van der Waals surface area contributed by atoms with E-state index < -0.39 is 17.7 Å². The molecule has 1 fully saturated rings. The molecule has 1 aliphatic rings. The predicted octanol–water partition coefficient (Wildman–Crippen LogP) is 3.31. The number of piperidine rings is 1. The summed E-state index contributed by atoms with van der Waals surface area (Å²) >= 11 is 0. The van der Waals surface area contributed by atoms with Crippen molar-refractivity contribution in [2.24, 2.45) is 0 Å². The maximum absolute atomic E-state index is 13.0. The first kappa shape index (κ1) is 19.8. The number of amides is 2. The summed E-state index contributed by atoms with van der Waals surface area (Å²) in [5.41, 5.74) is 0.755. The van der Waals surface area contributed by atoms with Crippen LogP contribution in [0.15, 0.2) is 24.3 Å². The third-order valence-electron chi connectivity index (χ3n) is 4.34. The van der Waals surface area contributed by atoms with Gasteiger partial charge in [0.05, 0.1) is 11.6 Å². The molecule has 0 unspecified atom stereocenters. The van der Waals surface area contributed by atoms with Crippen molar-refractivity contribution in [3.8, 4) is 6.07 Å². The average Bonchev–Trinajstić information content (AvgIpc) is 2.60. The summed E-state index contributed by atoms with van der Waals surface area (Å²) in [5.74, 6) is -0.122. The van der Waals surface area contributed by atoms with E-state index in [4.69, 9.17) is 4.74 Å². The van der Waals surface area contributed by atoms with Gasteiger partial charge in [-0.05, 0) is 51.7 Å². The molecule has 1 saturated heterocycles. The number of rotatable bonds is 3. The molecule has 0 N–H and O–H groups in total. The quantitative estimate of drug-likeness (QED) is 0.832. The van der Waals surface area contributed by atoms with Crippen LogP contribution < -0.4 is 0 Å². The average molecular weight is 357 g/mol. The van der Waals surface area contributed by atoms with Gasteiger partial charge in [0.1, 0.15) is 11.6 Å². The molecule has 1 aromatic carbocycles. The van der Waals surface area contributed by atoms with Crippen molar-refractivity contribution in [1.82, 2.24) is 9.80 Å². The standard InChI is InChI=1S/C20H27N3O3/c1-20(2,3)26-19(25)23-12-8-7-11-17(23)18(24)22(4)14-16-10-6-5-9-15(16)13-21/h5-6,9-10,17H,7-8,11-12,14H2,1-4H3/t17-/m1/s1. The summed E-state index contributed by atoms with van der Waals surface area (Å²) in [6.07, 6.45) is 1.95. The van der Waals surface area contributed by atoms with Gasteiger partial charge in [0.15, 0.2) is 0 Å². The smallest absolute Gasteiger partial charge is 0.410 e. The van der Waals surface area contributed by atoms with Crippen molar-refractivity contribution in [2.45, 2.75) is 58.2 Å². The van der Waals surface area contributed by atoms with Crippen molar-refractivity contribution in [2.75, 3.05) is 13.6 Å². The number of carbonyl (C=O) groups excluding carboxylic acids is 2. The Labute approximate surface area is 155 Å². The molecule has 6 heteroatoms. The van der Waals surface area contributed by atoms with Crippen LogP contribution >= 0.6 is 0 Å². The van der Waals surface area contributed by atoms with Gasteiger partial charge in [0.2, 0.25) is 5.91 Å². The molecular formula is C20H27N3O3. The maximum Gasteiger partial charge on any atom is 0.410 e. The highest BCUT2D eigenvalue weighted by atomic mass is 16.6. The van der Waals surface area contributed by atoms with E-state index in [9.17, 15) is 14.9 Å². The molecule has 2 amide bonds. The van der Waals surface area contributed by atoms with Crippen LogP contribution in [0.1, 0.15) is 51.2 Å². The fourth-order valence-electron chi connectivity index (χ4n) is 3.08. The third-order valence-corrected chi connectivity index (χ3v) is 4.34. The number of hydrogen-bond acceptors (Lipinski definition) is 4. The van der Waals surface area contributed by atoms with E-state index in [1.807, 2.05) is 32.9 Å². The van der Waals surface area contributed by atoms with Crippen molar-refractivity contribution >= 4 is 12.0 Å². The Balaban J connectivity index is 2.12. The van der Waals surface area contributed by atoms with Crippen LogP contribution in [0, 0.1) is 11.3 Å². The number of benzene rings is 1. The first-order valence-corrected chi connectivity index (χ1v) is 8.95. The van der Waals surface area contributed by atoms with E-state index in [0.29, 0.717) is 25.1 Å². The topological polar surface area (TPSA) is 73.6 Å². The van der Waals surface area contributed by atoms with E-state index in [2.05, 4.69) is 6.07 Å². The second kappa shape index (κ2) is 8.22. The molecule has 0 aliphatic carbocycles. The Hall–Kier alpha value is -2.55. The second-order valence-electron chi connectivity index (χ2n) is 7.65. The molecule has 0 saturated carbocycles. The first-order chi connectivity index (χ1) is 12.2. The molecule has 1 heterocycles. The molecule has 1 aromatic rings. The number of carbonyl (C=O) groups is 2. The summed E-state index contributed by atoms with van der Waals surface area (Å²) < 4.78 is 5.47. The molecule has 0 spiro atoms. The van der Waals surface area contributed by atoms with Crippen molar-refractivity contribution < 1.29 is 14.3 Å². The molecule has 0 bridgehead atoms. The number of likely N-dealkylation sites (N-methyl/N-ethyl adjacent to an activating group) is 1. The van der Waals surface area contributed by atoms with Crippen molar-refractivity contribution in [3.63, 3.8) is 0 Å². The zero-order chi connectivity index (χ0) is 19.3. The van der Waals surface area contributed by atoms with Crippen LogP contribution in [0.3, 0.4) is 0 Å². The Morgan fingerprint density at radius 1 is 1.31 bits per heavy atom. The Morgan fingerprint density at radius 3 is 2.65 bits per heavy atom. The second-order valence-corrected chi connectivity index (χ2v) is 7.65. The van der Waals surface area contributed by atoms with Crippen LogP contribution in [0.5, 0.6) is 0 Å². The summed E-state index contributed by atoms with van der Waals surface area (Å²) in [6.45, 7) is 6.30. The Bertz CT molecular complexity index is 703. The van der Waals surface area contributed by atoms with Crippen LogP contribution in [0.25, 0.3) is 0 Å². The van der Waals surface area contributed by atoms with Crippen LogP contribution in [-0.4, -0.2) is 47.0 Å². The van der Waals surface area contributed by atoms with Gasteiger partial charge in [-0.15, -0.1) is 0 Å². The Kier molecular flexibility index (Phi) is 6.25. The highest BCUT2D eigenvalue weighted by molar-refractivity contribution is 5.86. The maximum atomic E-state index is 13.0. The fourth-order valence-corrected chi connectivity index (χ4v) is 3.08. The third kappa shape index (κ3) is 4.98. The molecule has 26 heavy (non-hydrogen) atoms. The number of nitriles is 1. The molecule has 6 nitrogen and oxygen atoms in total. The number of nitrogens with zero attached hydrogens (tertiary/aromatic N) is 3. The van der Waals surface area contributed by atoms with Crippen LogP contribution in [0.2, 0.25) is 0 Å². The minimum absolute atomic E-state index is 0.122. The molecule has 1 aliphatic heterocycles. The lowest BCUT2D eigenvalue weighted by molar-refractivity contribution is -0.137. The molecular weight excluding hydrogens is 330 g/mol. The van der Waals surface area contributed by atoms with Gasteiger partial charge in [-0.3, -0.25) is 9.69 Å². The summed E-state index contributed by atoms with van der Waals surface area (Å²) in [6, 6.07) is 8.86. The minimum atomic E-state index is -0.597. The van der Waals surface area contributed by atoms with E-state index >= 15 is 0 Å².